The lowest BCUT2D eigenvalue weighted by atomic mass is 9.80. The van der Waals surface area contributed by atoms with Gasteiger partial charge in [-0.15, -0.1) is 0 Å². The summed E-state index contributed by atoms with van der Waals surface area (Å²) in [5.74, 6) is 1.98. The van der Waals surface area contributed by atoms with Crippen molar-refractivity contribution >= 4 is 27.7 Å². The fourth-order valence-corrected chi connectivity index (χ4v) is 6.23. The van der Waals surface area contributed by atoms with Crippen molar-refractivity contribution in [1.82, 2.24) is 10.9 Å². The highest BCUT2D eigenvalue weighted by Gasteiger charge is 2.54. The number of benzene rings is 4. The number of hydrazine groups is 1. The second-order valence-electron chi connectivity index (χ2n) is 11.5. The highest BCUT2D eigenvalue weighted by atomic mass is 79.9. The maximum atomic E-state index is 14.8. The first-order chi connectivity index (χ1) is 24.9. The molecule has 4 aromatic rings. The van der Waals surface area contributed by atoms with Gasteiger partial charge in [-0.2, -0.15) is 0 Å². The minimum Gasteiger partial charge on any atom is -0.496 e. The molecule has 0 radical (unpaired) electrons. The minimum absolute atomic E-state index is 0.0307. The van der Waals surface area contributed by atoms with Gasteiger partial charge in [-0.1, -0.05) is 63.5 Å². The molecule has 2 atom stereocenters. The van der Waals surface area contributed by atoms with Crippen molar-refractivity contribution in [3.8, 4) is 23.0 Å². The highest BCUT2D eigenvalue weighted by Crippen LogP contribution is 2.44. The molecule has 51 heavy (non-hydrogen) atoms. The molecule has 1 aliphatic heterocycles. The van der Waals surface area contributed by atoms with Crippen molar-refractivity contribution in [3.05, 3.63) is 128 Å². The average molecular weight is 760 g/mol. The number of azide groups is 1. The van der Waals surface area contributed by atoms with Crippen molar-refractivity contribution in [2.45, 2.75) is 37.6 Å². The maximum absolute atomic E-state index is 14.8. The Hall–Kier alpha value is -5.27. The number of rotatable bonds is 17. The molecule has 0 aliphatic carbocycles. The van der Waals surface area contributed by atoms with Crippen molar-refractivity contribution in [2.24, 2.45) is 10.1 Å². The fourth-order valence-electron chi connectivity index (χ4n) is 5.81. The van der Waals surface area contributed by atoms with Crippen LogP contribution in [0.15, 0.2) is 99.5 Å². The van der Waals surface area contributed by atoms with Crippen molar-refractivity contribution in [2.75, 3.05) is 34.5 Å². The third-order valence-corrected chi connectivity index (χ3v) is 9.15. The lowest BCUT2D eigenvalue weighted by Crippen LogP contribution is -2.54. The Morgan fingerprint density at radius 1 is 0.980 bits per heavy atom. The van der Waals surface area contributed by atoms with Crippen LogP contribution in [0.25, 0.3) is 10.4 Å². The van der Waals surface area contributed by atoms with E-state index in [-0.39, 0.29) is 32.0 Å². The quantitative estimate of drug-likeness (QED) is 0.0367. The summed E-state index contributed by atoms with van der Waals surface area (Å²) < 4.78 is 29.8. The number of aliphatic hydroxyl groups excluding tert-OH is 1. The summed E-state index contributed by atoms with van der Waals surface area (Å²) in [4.78, 5) is 22.9. The van der Waals surface area contributed by atoms with Crippen LogP contribution in [0.5, 0.6) is 23.0 Å². The molecular formula is C37H39BrN6O7. The van der Waals surface area contributed by atoms with Gasteiger partial charge in [0.05, 0.1) is 40.0 Å². The SMILES string of the molecule is COc1cc(OC)c(CNNC(=O)[C@@]2(Cc3ccccc3Br)N=C(c3ccc(OCCCO)cc3)O[C@H]2c2ccccc2CN=[N+]=[N-])c(OC)c1. The molecule has 5 rings (SSSR count). The van der Waals surface area contributed by atoms with Crippen LogP contribution in [0.3, 0.4) is 0 Å². The van der Waals surface area contributed by atoms with E-state index < -0.39 is 17.6 Å². The third-order valence-electron chi connectivity index (χ3n) is 8.37. The molecule has 0 spiro atoms. The van der Waals surface area contributed by atoms with E-state index in [0.29, 0.717) is 58.3 Å². The Bertz CT molecular complexity index is 1880. The molecule has 0 aromatic heterocycles. The van der Waals surface area contributed by atoms with E-state index in [1.807, 2.05) is 60.7 Å². The Kier molecular flexibility index (Phi) is 12.8. The van der Waals surface area contributed by atoms with Crippen molar-refractivity contribution < 1.29 is 33.6 Å². The van der Waals surface area contributed by atoms with Crippen LogP contribution in [-0.4, -0.2) is 57.0 Å². The van der Waals surface area contributed by atoms with Crippen LogP contribution >= 0.6 is 15.9 Å². The van der Waals surface area contributed by atoms with E-state index in [2.05, 4.69) is 36.8 Å². The summed E-state index contributed by atoms with van der Waals surface area (Å²) in [5, 5.41) is 12.9. The van der Waals surface area contributed by atoms with Gasteiger partial charge in [-0.25, -0.2) is 10.4 Å². The van der Waals surface area contributed by atoms with Crippen molar-refractivity contribution in [3.63, 3.8) is 0 Å². The van der Waals surface area contributed by atoms with Crippen LogP contribution in [0.1, 0.15) is 40.3 Å². The molecule has 0 saturated carbocycles. The van der Waals surface area contributed by atoms with Crippen LogP contribution < -0.4 is 29.8 Å². The summed E-state index contributed by atoms with van der Waals surface area (Å²) in [6.07, 6.45) is -0.284. The van der Waals surface area contributed by atoms with E-state index in [9.17, 15) is 4.79 Å². The summed E-state index contributed by atoms with van der Waals surface area (Å²) in [7, 11) is 4.64. The molecule has 0 bridgehead atoms. The van der Waals surface area contributed by atoms with Crippen LogP contribution in [-0.2, 0) is 29.0 Å². The maximum Gasteiger partial charge on any atom is 0.266 e. The first-order valence-corrected chi connectivity index (χ1v) is 16.9. The Labute approximate surface area is 304 Å². The number of aliphatic hydroxyl groups is 1. The zero-order valence-corrected chi connectivity index (χ0v) is 30.1. The Morgan fingerprint density at radius 2 is 1.67 bits per heavy atom. The van der Waals surface area contributed by atoms with Gasteiger partial charge in [-0.3, -0.25) is 10.2 Å². The molecular weight excluding hydrogens is 720 g/mol. The average Bonchev–Trinajstić information content (AvgIpc) is 3.55. The summed E-state index contributed by atoms with van der Waals surface area (Å²) in [5.41, 5.74) is 17.0. The third kappa shape index (κ3) is 8.55. The highest BCUT2D eigenvalue weighted by molar-refractivity contribution is 9.10. The zero-order chi connectivity index (χ0) is 36.2. The Morgan fingerprint density at radius 3 is 2.31 bits per heavy atom. The van der Waals surface area contributed by atoms with E-state index in [1.165, 1.54) is 0 Å². The number of amides is 1. The topological polar surface area (TPSA) is 169 Å². The summed E-state index contributed by atoms with van der Waals surface area (Å²) >= 11 is 3.66. The van der Waals surface area contributed by atoms with Gasteiger partial charge < -0.3 is 28.8 Å². The van der Waals surface area contributed by atoms with E-state index >= 15 is 0 Å². The number of nitrogens with one attached hydrogen (secondary N) is 2. The number of methoxy groups -OCH3 is 3. The predicted molar refractivity (Wildman–Crippen MR) is 195 cm³/mol. The molecule has 4 aromatic carbocycles. The predicted octanol–water partition coefficient (Wildman–Crippen LogP) is 6.37. The summed E-state index contributed by atoms with van der Waals surface area (Å²) in [6.45, 7) is 0.584. The molecule has 13 nitrogen and oxygen atoms in total. The second-order valence-corrected chi connectivity index (χ2v) is 12.3. The largest absolute Gasteiger partial charge is 0.496 e. The van der Waals surface area contributed by atoms with Gasteiger partial charge >= 0.3 is 0 Å². The zero-order valence-electron chi connectivity index (χ0n) is 28.5. The first-order valence-electron chi connectivity index (χ1n) is 16.1. The molecule has 266 valence electrons. The van der Waals surface area contributed by atoms with Gasteiger partial charge in [-0.05, 0) is 52.6 Å². The minimum atomic E-state index is -1.55. The number of aliphatic imine (C=N–C) groups is 1. The van der Waals surface area contributed by atoms with E-state index in [0.717, 1.165) is 10.0 Å². The van der Waals surface area contributed by atoms with E-state index in [4.69, 9.17) is 39.3 Å². The molecule has 0 fully saturated rings. The molecule has 3 N–H and O–H groups in total. The van der Waals surface area contributed by atoms with Crippen LogP contribution in [0.2, 0.25) is 0 Å². The lowest BCUT2D eigenvalue weighted by molar-refractivity contribution is -0.130. The standard InChI is InChI=1S/C37H39BrN6O7/c1-47-28-19-32(48-2)30(33(20-28)49-3)23-40-43-36(46)37(21-25-9-5-7-12-31(25)38)34(29-11-6-4-10-26(29)22-41-44-39)51-35(42-37)24-13-15-27(16-14-24)50-18-8-17-45/h4-7,9-16,19-20,34,40,45H,8,17-18,21-23H2,1-3H3,(H,43,46)/t34-,37-/m0/s1. The fraction of sp³-hybridized carbons (Fsp3) is 0.297. The lowest BCUT2D eigenvalue weighted by Gasteiger charge is -2.32. The molecule has 0 saturated heterocycles. The molecule has 0 unspecified atom stereocenters. The number of ether oxygens (including phenoxy) is 5. The number of nitrogens with zero attached hydrogens (tertiary/aromatic N) is 4. The molecule has 14 heteroatoms. The number of carbonyl (C=O) groups is 1. The monoisotopic (exact) mass is 758 g/mol. The number of hydrogen-bond donors (Lipinski definition) is 3. The van der Waals surface area contributed by atoms with Gasteiger partial charge in [0, 0.05) is 53.1 Å². The first kappa shape index (κ1) is 37.0. The van der Waals surface area contributed by atoms with Gasteiger partial charge in [0.1, 0.15) is 23.0 Å². The van der Waals surface area contributed by atoms with Gasteiger partial charge in [0.15, 0.2) is 11.6 Å². The normalized spacial score (nSPS) is 16.3. The van der Waals surface area contributed by atoms with Crippen LogP contribution in [0.4, 0.5) is 0 Å². The molecule has 1 amide bonds. The molecule has 1 aliphatic rings. The number of hydrogen-bond acceptors (Lipinski definition) is 10. The van der Waals surface area contributed by atoms with Crippen LogP contribution in [0, 0.1) is 0 Å². The van der Waals surface area contributed by atoms with E-state index in [1.54, 1.807) is 45.6 Å². The molecule has 1 heterocycles. The number of carbonyl (C=O) groups excluding carboxylic acids is 1. The summed E-state index contributed by atoms with van der Waals surface area (Å²) in [6, 6.07) is 25.7. The van der Waals surface area contributed by atoms with Crippen molar-refractivity contribution in [1.29, 1.82) is 0 Å². The smallest absolute Gasteiger partial charge is 0.266 e. The second kappa shape index (κ2) is 17.6. The number of halogens is 1. The Balaban J connectivity index is 1.58. The van der Waals surface area contributed by atoms with Gasteiger partial charge in [0.2, 0.25) is 5.90 Å². The van der Waals surface area contributed by atoms with Gasteiger partial charge in [0.25, 0.3) is 5.91 Å².